The molecular weight excluding hydrogens is 406 g/mol. The molecule has 0 fully saturated rings. The maximum atomic E-state index is 13.0. The monoisotopic (exact) mass is 433 g/mol. The van der Waals surface area contributed by atoms with Gasteiger partial charge in [-0.15, -0.1) is 0 Å². The molecule has 2 atom stereocenters. The highest BCUT2D eigenvalue weighted by Gasteiger charge is 2.31. The van der Waals surface area contributed by atoms with E-state index in [9.17, 15) is 13.5 Å². The number of nitrogens with one attached hydrogen (secondary N) is 1. The van der Waals surface area contributed by atoms with Gasteiger partial charge in [0.05, 0.1) is 26.5 Å². The number of aliphatic hydroxyl groups is 1. The van der Waals surface area contributed by atoms with Crippen LogP contribution in [0.2, 0.25) is 0 Å². The van der Waals surface area contributed by atoms with E-state index in [0.717, 1.165) is 24.2 Å². The molecule has 1 heterocycles. The number of fused-ring (bicyclic) bond motifs is 1. The van der Waals surface area contributed by atoms with Crippen molar-refractivity contribution in [1.29, 1.82) is 0 Å². The van der Waals surface area contributed by atoms with Gasteiger partial charge in [0.1, 0.15) is 0 Å². The average Bonchev–Trinajstić information content (AvgIpc) is 3.05. The number of rotatable bonds is 9. The molecule has 29 heavy (non-hydrogen) atoms. The highest BCUT2D eigenvalue weighted by atomic mass is 32.2. The minimum atomic E-state index is -3.72. The second-order valence-electron chi connectivity index (χ2n) is 7.59. The maximum Gasteiger partial charge on any atom is 0.182 e. The van der Waals surface area contributed by atoms with Crippen molar-refractivity contribution >= 4 is 36.5 Å². The second kappa shape index (κ2) is 8.79. The van der Waals surface area contributed by atoms with Crippen molar-refractivity contribution in [2.45, 2.75) is 43.2 Å². The molecule has 0 saturated heterocycles. The summed E-state index contributed by atoms with van der Waals surface area (Å²) in [5, 5.41) is 14.5. The van der Waals surface area contributed by atoms with Gasteiger partial charge in [-0.25, -0.2) is 13.4 Å². The highest BCUT2D eigenvalue weighted by molar-refractivity contribution is 7.91. The molecule has 3 aromatic rings. The number of aromatic nitrogens is 1. The molecule has 8 heteroatoms. The zero-order valence-corrected chi connectivity index (χ0v) is 18.3. The molecule has 0 aliphatic heterocycles. The van der Waals surface area contributed by atoms with Crippen LogP contribution in [0.5, 0.6) is 0 Å². The lowest BCUT2D eigenvalue weighted by atomic mass is 10.0. The summed E-state index contributed by atoms with van der Waals surface area (Å²) in [6, 6.07) is 15.2. The number of nitrogens with two attached hydrogens (primary N) is 1. The van der Waals surface area contributed by atoms with Crippen LogP contribution in [-0.2, 0) is 16.3 Å². The molecule has 2 aromatic carbocycles. The van der Waals surface area contributed by atoms with E-state index in [4.69, 9.17) is 5.73 Å². The summed E-state index contributed by atoms with van der Waals surface area (Å²) in [4.78, 5) is 4.32. The van der Waals surface area contributed by atoms with Crippen LogP contribution in [0, 0.1) is 0 Å². The molecule has 0 spiro atoms. The summed E-state index contributed by atoms with van der Waals surface area (Å²) in [7, 11) is -3.72. The van der Waals surface area contributed by atoms with E-state index in [1.54, 1.807) is 25.1 Å². The first-order valence-electron chi connectivity index (χ1n) is 9.58. The van der Waals surface area contributed by atoms with Crippen molar-refractivity contribution in [3.8, 4) is 0 Å². The lowest BCUT2D eigenvalue weighted by Gasteiger charge is -2.27. The van der Waals surface area contributed by atoms with Crippen LogP contribution >= 0.6 is 11.3 Å². The standard InChI is InChI=1S/C21H27N3O3S2/c1-3-16(12-15-8-5-4-6-9-15)23-13-21(2,25)14-29(26,27)18-11-7-10-17-19(18)28-20(22)24-17/h4-11,16,23,25H,3,12-14H2,1-2H3,(H2,22,24)/t16?,21-/m1/s1. The lowest BCUT2D eigenvalue weighted by Crippen LogP contribution is -2.47. The molecule has 6 nitrogen and oxygen atoms in total. The van der Waals surface area contributed by atoms with E-state index in [-0.39, 0.29) is 23.2 Å². The van der Waals surface area contributed by atoms with Gasteiger partial charge in [-0.05, 0) is 37.5 Å². The van der Waals surface area contributed by atoms with Gasteiger partial charge in [-0.1, -0.05) is 54.7 Å². The van der Waals surface area contributed by atoms with Gasteiger partial charge in [0.2, 0.25) is 0 Å². The Morgan fingerprint density at radius 2 is 1.93 bits per heavy atom. The Hall–Kier alpha value is -2.00. The van der Waals surface area contributed by atoms with Crippen molar-refractivity contribution in [2.24, 2.45) is 0 Å². The number of anilines is 1. The van der Waals surface area contributed by atoms with Crippen molar-refractivity contribution in [1.82, 2.24) is 10.3 Å². The van der Waals surface area contributed by atoms with E-state index in [1.807, 2.05) is 18.2 Å². The Balaban J connectivity index is 1.70. The summed E-state index contributed by atoms with van der Waals surface area (Å²) in [6.07, 6.45) is 1.69. The predicted octanol–water partition coefficient (Wildman–Crippen LogP) is 3.01. The largest absolute Gasteiger partial charge is 0.388 e. The molecule has 0 bridgehead atoms. The van der Waals surface area contributed by atoms with Gasteiger partial charge in [0.15, 0.2) is 15.0 Å². The van der Waals surface area contributed by atoms with Crippen LogP contribution in [-0.4, -0.2) is 42.4 Å². The molecule has 4 N–H and O–H groups in total. The summed E-state index contributed by atoms with van der Waals surface area (Å²) in [5.41, 5.74) is 6.09. The van der Waals surface area contributed by atoms with E-state index >= 15 is 0 Å². The Kier molecular flexibility index (Phi) is 6.58. The fourth-order valence-corrected chi connectivity index (χ4v) is 6.34. The number of sulfone groups is 1. The number of nitrogens with zero attached hydrogens (tertiary/aromatic N) is 1. The molecular formula is C21H27N3O3S2. The second-order valence-corrected chi connectivity index (χ2v) is 10.6. The number of hydrogen-bond donors (Lipinski definition) is 3. The maximum absolute atomic E-state index is 13.0. The normalized spacial score (nSPS) is 15.3. The van der Waals surface area contributed by atoms with Crippen LogP contribution in [0.25, 0.3) is 10.2 Å². The SMILES string of the molecule is CCC(Cc1ccccc1)NC[C@@](C)(O)CS(=O)(=O)c1cccc2nc(N)sc12. The lowest BCUT2D eigenvalue weighted by molar-refractivity contribution is 0.0793. The first kappa shape index (κ1) is 21.7. The fourth-order valence-electron chi connectivity index (χ4n) is 3.35. The van der Waals surface area contributed by atoms with Gasteiger partial charge >= 0.3 is 0 Å². The van der Waals surface area contributed by atoms with Crippen LogP contribution < -0.4 is 11.1 Å². The third-order valence-corrected chi connectivity index (χ3v) is 7.90. The van der Waals surface area contributed by atoms with Crippen LogP contribution in [0.15, 0.2) is 53.4 Å². The summed E-state index contributed by atoms with van der Waals surface area (Å²) in [5.74, 6) is -0.383. The van der Waals surface area contributed by atoms with Crippen LogP contribution in [0.3, 0.4) is 0 Å². The molecule has 0 radical (unpaired) electrons. The Labute approximate surface area is 175 Å². The summed E-state index contributed by atoms with van der Waals surface area (Å²) >= 11 is 1.14. The van der Waals surface area contributed by atoms with Gasteiger partial charge < -0.3 is 16.2 Å². The molecule has 0 aliphatic carbocycles. The summed E-state index contributed by atoms with van der Waals surface area (Å²) < 4.78 is 26.6. The molecule has 156 valence electrons. The third kappa shape index (κ3) is 5.54. The van der Waals surface area contributed by atoms with E-state index in [2.05, 4.69) is 29.4 Å². The smallest absolute Gasteiger partial charge is 0.182 e. The van der Waals surface area contributed by atoms with Crippen molar-refractivity contribution in [2.75, 3.05) is 18.0 Å². The fraction of sp³-hybridized carbons (Fsp3) is 0.381. The van der Waals surface area contributed by atoms with Crippen LogP contribution in [0.4, 0.5) is 5.13 Å². The number of hydrogen-bond acceptors (Lipinski definition) is 7. The third-order valence-electron chi connectivity index (χ3n) is 4.82. The van der Waals surface area contributed by atoms with E-state index in [0.29, 0.717) is 15.3 Å². The summed E-state index contributed by atoms with van der Waals surface area (Å²) in [6.45, 7) is 3.80. The van der Waals surface area contributed by atoms with Crippen molar-refractivity contribution < 1.29 is 13.5 Å². The van der Waals surface area contributed by atoms with Gasteiger partial charge in [0, 0.05) is 12.6 Å². The number of thiazole rings is 1. The van der Waals surface area contributed by atoms with Crippen molar-refractivity contribution in [3.05, 3.63) is 54.1 Å². The van der Waals surface area contributed by atoms with E-state index < -0.39 is 15.4 Å². The number of benzene rings is 2. The molecule has 0 saturated carbocycles. The van der Waals surface area contributed by atoms with Crippen LogP contribution in [0.1, 0.15) is 25.8 Å². The van der Waals surface area contributed by atoms with Crippen molar-refractivity contribution in [3.63, 3.8) is 0 Å². The Morgan fingerprint density at radius 1 is 1.21 bits per heavy atom. The first-order chi connectivity index (χ1) is 13.7. The number of nitrogen functional groups attached to an aromatic ring is 1. The van der Waals surface area contributed by atoms with Gasteiger partial charge in [-0.3, -0.25) is 0 Å². The molecule has 1 unspecified atom stereocenters. The molecule has 3 rings (SSSR count). The molecule has 0 amide bonds. The average molecular weight is 434 g/mol. The molecule has 0 aliphatic rings. The topological polar surface area (TPSA) is 105 Å². The Morgan fingerprint density at radius 3 is 2.62 bits per heavy atom. The quantitative estimate of drug-likeness (QED) is 0.479. The zero-order chi connectivity index (χ0) is 21.1. The minimum absolute atomic E-state index is 0.149. The van der Waals surface area contributed by atoms with E-state index in [1.165, 1.54) is 5.56 Å². The Bertz CT molecular complexity index is 1060. The minimum Gasteiger partial charge on any atom is -0.388 e. The first-order valence-corrected chi connectivity index (χ1v) is 12.0. The zero-order valence-electron chi connectivity index (χ0n) is 16.6. The van der Waals surface area contributed by atoms with Gasteiger partial charge in [-0.2, -0.15) is 0 Å². The molecule has 1 aromatic heterocycles. The highest BCUT2D eigenvalue weighted by Crippen LogP contribution is 2.31. The predicted molar refractivity (Wildman–Crippen MR) is 119 cm³/mol. The van der Waals surface area contributed by atoms with Gasteiger partial charge in [0.25, 0.3) is 0 Å².